The summed E-state index contributed by atoms with van der Waals surface area (Å²) >= 11 is 5.85. The molecule has 0 unspecified atom stereocenters. The van der Waals surface area contributed by atoms with Gasteiger partial charge in [0.25, 0.3) is 5.91 Å². The summed E-state index contributed by atoms with van der Waals surface area (Å²) in [5.41, 5.74) is 5.39. The Kier molecular flexibility index (Phi) is 4.49. The maximum atomic E-state index is 12.3. The molecular formula is C14H17ClN2O3. The van der Waals surface area contributed by atoms with Gasteiger partial charge in [-0.15, -0.1) is 0 Å². The fourth-order valence-corrected chi connectivity index (χ4v) is 2.65. The summed E-state index contributed by atoms with van der Waals surface area (Å²) in [5, 5.41) is 10.2. The van der Waals surface area contributed by atoms with E-state index >= 15 is 0 Å². The number of carbonyl (C=O) groups excluding carboxylic acids is 2. The van der Waals surface area contributed by atoms with Crippen molar-refractivity contribution in [2.45, 2.75) is 19.3 Å². The number of hydrogen-bond acceptors (Lipinski definition) is 3. The molecule has 0 radical (unpaired) electrons. The van der Waals surface area contributed by atoms with Crippen molar-refractivity contribution >= 4 is 23.4 Å². The molecule has 3 N–H and O–H groups in total. The van der Waals surface area contributed by atoms with Crippen LogP contribution in [-0.4, -0.2) is 34.9 Å². The molecule has 6 heteroatoms. The van der Waals surface area contributed by atoms with Crippen molar-refractivity contribution < 1.29 is 14.7 Å². The maximum Gasteiger partial charge on any atom is 0.257 e. The lowest BCUT2D eigenvalue weighted by atomic mass is 9.93. The number of amides is 2. The van der Waals surface area contributed by atoms with Gasteiger partial charge >= 0.3 is 0 Å². The molecule has 5 nitrogen and oxygen atoms in total. The number of phenolic OH excluding ortho intramolecular Hbond substituents is 1. The van der Waals surface area contributed by atoms with Crippen LogP contribution in [0.2, 0.25) is 5.02 Å². The minimum atomic E-state index is -0.303. The van der Waals surface area contributed by atoms with Crippen LogP contribution in [0.15, 0.2) is 18.2 Å². The normalized spacial score (nSPS) is 16.1. The van der Waals surface area contributed by atoms with Gasteiger partial charge < -0.3 is 15.7 Å². The Morgan fingerprint density at radius 1 is 1.35 bits per heavy atom. The average molecular weight is 297 g/mol. The molecule has 1 saturated heterocycles. The molecule has 108 valence electrons. The highest BCUT2D eigenvalue weighted by molar-refractivity contribution is 6.31. The highest BCUT2D eigenvalue weighted by atomic mass is 35.5. The molecule has 0 saturated carbocycles. The van der Waals surface area contributed by atoms with Gasteiger partial charge in [-0.25, -0.2) is 0 Å². The zero-order chi connectivity index (χ0) is 14.7. The molecule has 1 fully saturated rings. The summed E-state index contributed by atoms with van der Waals surface area (Å²) in [7, 11) is 0. The predicted molar refractivity (Wildman–Crippen MR) is 75.6 cm³/mol. The van der Waals surface area contributed by atoms with Crippen molar-refractivity contribution in [3.63, 3.8) is 0 Å². The molecule has 0 spiro atoms. The van der Waals surface area contributed by atoms with Crippen molar-refractivity contribution in [3.05, 3.63) is 28.8 Å². The second-order valence-electron chi connectivity index (χ2n) is 5.07. The Labute approximate surface area is 122 Å². The number of piperidine rings is 1. The summed E-state index contributed by atoms with van der Waals surface area (Å²) in [6, 6.07) is 4.41. The number of halogens is 1. The van der Waals surface area contributed by atoms with Crippen LogP contribution >= 0.6 is 11.6 Å². The van der Waals surface area contributed by atoms with Crippen molar-refractivity contribution in [1.29, 1.82) is 0 Å². The molecular weight excluding hydrogens is 280 g/mol. The summed E-state index contributed by atoms with van der Waals surface area (Å²) in [6.45, 7) is 1.12. The molecule has 0 atom stereocenters. The minimum absolute atomic E-state index is 0.0707. The number of primary amides is 1. The molecule has 0 aliphatic carbocycles. The molecule has 2 amide bonds. The SMILES string of the molecule is NC(=O)CC1CCN(C(=O)c2cc(Cl)ccc2O)CC1. The van der Waals surface area contributed by atoms with E-state index in [4.69, 9.17) is 17.3 Å². The lowest BCUT2D eigenvalue weighted by molar-refractivity contribution is -0.119. The Morgan fingerprint density at radius 3 is 2.60 bits per heavy atom. The number of aromatic hydroxyl groups is 1. The largest absolute Gasteiger partial charge is 0.507 e. The van der Waals surface area contributed by atoms with E-state index < -0.39 is 0 Å². The molecule has 1 aliphatic heterocycles. The first-order valence-corrected chi connectivity index (χ1v) is 6.91. The molecule has 2 rings (SSSR count). The number of benzene rings is 1. The topological polar surface area (TPSA) is 83.6 Å². The lowest BCUT2D eigenvalue weighted by Gasteiger charge is -2.31. The van der Waals surface area contributed by atoms with Crippen LogP contribution in [-0.2, 0) is 4.79 Å². The lowest BCUT2D eigenvalue weighted by Crippen LogP contribution is -2.39. The smallest absolute Gasteiger partial charge is 0.257 e. The first-order chi connectivity index (χ1) is 9.47. The first-order valence-electron chi connectivity index (χ1n) is 6.53. The third-order valence-corrected chi connectivity index (χ3v) is 3.82. The molecule has 1 aliphatic rings. The Hall–Kier alpha value is -1.75. The Balaban J connectivity index is 2.01. The second kappa shape index (κ2) is 6.13. The number of nitrogens with zero attached hydrogens (tertiary/aromatic N) is 1. The van der Waals surface area contributed by atoms with E-state index in [0.29, 0.717) is 24.5 Å². The van der Waals surface area contributed by atoms with Crippen LogP contribution in [0.25, 0.3) is 0 Å². The van der Waals surface area contributed by atoms with E-state index in [-0.39, 0.29) is 29.0 Å². The highest BCUT2D eigenvalue weighted by Gasteiger charge is 2.26. The van der Waals surface area contributed by atoms with Gasteiger partial charge in [0.15, 0.2) is 0 Å². The van der Waals surface area contributed by atoms with E-state index in [9.17, 15) is 14.7 Å². The standard InChI is InChI=1S/C14H17ClN2O3/c15-10-1-2-12(18)11(8-10)14(20)17-5-3-9(4-6-17)7-13(16)19/h1-2,8-9,18H,3-7H2,(H2,16,19). The van der Waals surface area contributed by atoms with Gasteiger partial charge in [-0.1, -0.05) is 11.6 Å². The molecule has 0 aromatic heterocycles. The molecule has 1 aromatic carbocycles. The number of rotatable bonds is 3. The monoisotopic (exact) mass is 296 g/mol. The van der Waals surface area contributed by atoms with Crippen molar-refractivity contribution in [1.82, 2.24) is 4.90 Å². The van der Waals surface area contributed by atoms with Crippen LogP contribution in [0.4, 0.5) is 0 Å². The van der Waals surface area contributed by atoms with Crippen LogP contribution in [0.1, 0.15) is 29.6 Å². The number of phenols is 1. The van der Waals surface area contributed by atoms with E-state index in [2.05, 4.69) is 0 Å². The van der Waals surface area contributed by atoms with E-state index in [1.165, 1.54) is 18.2 Å². The fourth-order valence-electron chi connectivity index (χ4n) is 2.47. The third-order valence-electron chi connectivity index (χ3n) is 3.58. The van der Waals surface area contributed by atoms with Crippen LogP contribution < -0.4 is 5.73 Å². The summed E-state index contributed by atoms with van der Waals surface area (Å²) < 4.78 is 0. The average Bonchev–Trinajstić information content (AvgIpc) is 2.41. The van der Waals surface area contributed by atoms with E-state index in [0.717, 1.165) is 12.8 Å². The van der Waals surface area contributed by atoms with Crippen molar-refractivity contribution in [2.75, 3.05) is 13.1 Å². The maximum absolute atomic E-state index is 12.3. The van der Waals surface area contributed by atoms with Crippen molar-refractivity contribution in [2.24, 2.45) is 11.7 Å². The van der Waals surface area contributed by atoms with Gasteiger partial charge in [0.1, 0.15) is 5.75 Å². The number of nitrogens with two attached hydrogens (primary N) is 1. The quantitative estimate of drug-likeness (QED) is 0.891. The zero-order valence-electron chi connectivity index (χ0n) is 11.0. The van der Waals surface area contributed by atoms with Crippen LogP contribution in [0.3, 0.4) is 0 Å². The Bertz CT molecular complexity index is 525. The Morgan fingerprint density at radius 2 is 2.00 bits per heavy atom. The third kappa shape index (κ3) is 3.42. The van der Waals surface area contributed by atoms with Gasteiger partial charge in [0.05, 0.1) is 5.56 Å². The first kappa shape index (κ1) is 14.7. The summed E-state index contributed by atoms with van der Waals surface area (Å²) in [4.78, 5) is 24.9. The van der Waals surface area contributed by atoms with Gasteiger partial charge in [-0.2, -0.15) is 0 Å². The van der Waals surface area contributed by atoms with Gasteiger partial charge in [-0.3, -0.25) is 9.59 Å². The molecule has 1 aromatic rings. The van der Waals surface area contributed by atoms with Gasteiger partial charge in [0, 0.05) is 24.5 Å². The zero-order valence-corrected chi connectivity index (χ0v) is 11.8. The van der Waals surface area contributed by atoms with E-state index in [1.807, 2.05) is 0 Å². The van der Waals surface area contributed by atoms with Gasteiger partial charge in [0.2, 0.25) is 5.91 Å². The number of hydrogen-bond donors (Lipinski definition) is 2. The minimum Gasteiger partial charge on any atom is -0.507 e. The fraction of sp³-hybridized carbons (Fsp3) is 0.429. The van der Waals surface area contributed by atoms with Crippen molar-refractivity contribution in [3.8, 4) is 5.75 Å². The number of likely N-dealkylation sites (tertiary alicyclic amines) is 1. The van der Waals surface area contributed by atoms with Crippen LogP contribution in [0, 0.1) is 5.92 Å². The van der Waals surface area contributed by atoms with E-state index in [1.54, 1.807) is 4.90 Å². The highest BCUT2D eigenvalue weighted by Crippen LogP contribution is 2.26. The molecule has 20 heavy (non-hydrogen) atoms. The van der Waals surface area contributed by atoms with Crippen LogP contribution in [0.5, 0.6) is 5.75 Å². The second-order valence-corrected chi connectivity index (χ2v) is 5.50. The predicted octanol–water partition coefficient (Wildman–Crippen LogP) is 1.77. The number of carbonyl (C=O) groups is 2. The molecule has 0 bridgehead atoms. The van der Waals surface area contributed by atoms with Gasteiger partial charge in [-0.05, 0) is 37.0 Å². The molecule has 1 heterocycles. The summed E-state index contributed by atoms with van der Waals surface area (Å²) in [6.07, 6.45) is 1.86. The summed E-state index contributed by atoms with van der Waals surface area (Å²) in [5.74, 6) is -0.368.